The van der Waals surface area contributed by atoms with Gasteiger partial charge in [0.25, 0.3) is 0 Å². The molecule has 0 bridgehead atoms. The Morgan fingerprint density at radius 2 is 1.88 bits per heavy atom. The van der Waals surface area contributed by atoms with E-state index in [1.807, 2.05) is 0 Å². The Hall–Kier alpha value is -0.630. The van der Waals surface area contributed by atoms with Crippen LogP contribution in [0.1, 0.15) is 17.3 Å². The van der Waals surface area contributed by atoms with E-state index in [1.165, 1.54) is 14.0 Å². The molecule has 1 aromatic carbocycles. The largest absolute Gasteiger partial charge is 0.497 e. The third-order valence-corrected chi connectivity index (χ3v) is 6.84. The summed E-state index contributed by atoms with van der Waals surface area (Å²) in [6, 6.07) is 6.40. The Morgan fingerprint density at radius 3 is 2.29 bits per heavy atom. The maximum Gasteiger partial charge on any atom is 0.190 e. The summed E-state index contributed by atoms with van der Waals surface area (Å²) in [5.41, 5.74) is 0.377. The van der Waals surface area contributed by atoms with E-state index in [0.717, 1.165) is 0 Å². The van der Waals surface area contributed by atoms with Crippen LogP contribution in [0.5, 0.6) is 5.75 Å². The molecular weight excluding hydrogens is 355 g/mol. The maximum atomic E-state index is 11.9. The number of rotatable bonds is 5. The molecule has 1 atom stereocenters. The molecule has 0 heterocycles. The fourth-order valence-electron chi connectivity index (χ4n) is 1.20. The van der Waals surface area contributed by atoms with Crippen LogP contribution in [0.2, 0.25) is 0 Å². The molecule has 0 fully saturated rings. The van der Waals surface area contributed by atoms with E-state index in [4.69, 9.17) is 4.74 Å². The van der Waals surface area contributed by atoms with E-state index >= 15 is 0 Å². The van der Waals surface area contributed by atoms with Gasteiger partial charge < -0.3 is 4.74 Å². The van der Waals surface area contributed by atoms with Gasteiger partial charge in [-0.2, -0.15) is 0 Å². The van der Waals surface area contributed by atoms with Crippen LogP contribution >= 0.6 is 22.6 Å². The highest BCUT2D eigenvalue weighted by atomic mass is 127. The lowest BCUT2D eigenvalue weighted by molar-refractivity contribution is 0.101. The lowest BCUT2D eigenvalue weighted by atomic mass is 10.1. The Balaban J connectivity index is 2.97. The van der Waals surface area contributed by atoms with Crippen molar-refractivity contribution in [3.8, 4) is 5.75 Å². The van der Waals surface area contributed by atoms with Gasteiger partial charge in [0, 0.05) is 11.3 Å². The van der Waals surface area contributed by atoms with E-state index < -0.39 is 18.9 Å². The first-order valence-electron chi connectivity index (χ1n) is 4.96. The number of hydrogen-bond acceptors (Lipinski definition) is 4. The molecule has 0 spiro atoms. The minimum Gasteiger partial charge on any atom is -0.497 e. The number of hydrogen-bond donors (Lipinski definition) is 0. The summed E-state index contributed by atoms with van der Waals surface area (Å²) in [7, 11) is -1.83. The Kier molecular flexibility index (Phi) is 4.93. The van der Waals surface area contributed by atoms with E-state index in [1.54, 1.807) is 46.9 Å². The molecule has 0 radical (unpaired) electrons. The predicted molar refractivity (Wildman–Crippen MR) is 74.6 cm³/mol. The average molecular weight is 368 g/mol. The number of alkyl halides is 1. The zero-order chi connectivity index (χ0) is 13.1. The summed E-state index contributed by atoms with van der Waals surface area (Å²) >= 11 is 1.66. The zero-order valence-corrected chi connectivity index (χ0v) is 12.5. The Bertz CT molecular complexity index is 493. The summed E-state index contributed by atoms with van der Waals surface area (Å²) in [5.74, 6) is 0.197. The van der Waals surface area contributed by atoms with Crippen molar-refractivity contribution in [2.24, 2.45) is 0 Å². The normalized spacial score (nSPS) is 13.1. The van der Waals surface area contributed by atoms with Crippen molar-refractivity contribution in [2.45, 2.75) is 10.2 Å². The highest BCUT2D eigenvalue weighted by molar-refractivity contribution is 14.1. The van der Waals surface area contributed by atoms with Crippen molar-refractivity contribution in [2.75, 3.05) is 12.9 Å². The molecule has 0 amide bonds. The Morgan fingerprint density at radius 1 is 1.35 bits per heavy atom. The first-order chi connectivity index (χ1) is 7.92. The molecule has 4 nitrogen and oxygen atoms in total. The second-order valence-electron chi connectivity index (χ2n) is 3.36. The predicted octanol–water partition coefficient (Wildman–Crippen LogP) is 2.07. The van der Waals surface area contributed by atoms with E-state index in [2.05, 4.69) is 0 Å². The zero-order valence-electron chi connectivity index (χ0n) is 9.51. The third-order valence-electron chi connectivity index (χ3n) is 2.30. The number of methoxy groups -OCH3 is 1. The number of sulfone groups is 1. The first kappa shape index (κ1) is 14.4. The summed E-state index contributed by atoms with van der Waals surface area (Å²) < 4.78 is 27.1. The fourth-order valence-corrected chi connectivity index (χ4v) is 3.39. The van der Waals surface area contributed by atoms with Crippen molar-refractivity contribution in [3.63, 3.8) is 0 Å². The second kappa shape index (κ2) is 5.81. The van der Waals surface area contributed by atoms with Gasteiger partial charge in [-0.05, 0) is 24.3 Å². The van der Waals surface area contributed by atoms with Crippen molar-refractivity contribution in [1.82, 2.24) is 0 Å². The molecular formula is C11H13IO4S. The number of carbonyl (C=O) groups excluding carboxylic acids is 1. The highest BCUT2D eigenvalue weighted by Gasteiger charge is 2.28. The number of ketones is 1. The van der Waals surface area contributed by atoms with Gasteiger partial charge in [0.1, 0.15) is 5.75 Å². The molecule has 0 unspecified atom stereocenters. The SMILES string of the molecule is CCS(=O)(=O)[C@@H](I)C(=O)c1ccc(OC)cc1. The number of benzene rings is 1. The van der Waals surface area contributed by atoms with Crippen LogP contribution in [0.4, 0.5) is 0 Å². The second-order valence-corrected chi connectivity index (χ2v) is 7.83. The molecule has 17 heavy (non-hydrogen) atoms. The molecule has 0 saturated heterocycles. The summed E-state index contributed by atoms with van der Waals surface area (Å²) in [4.78, 5) is 11.9. The van der Waals surface area contributed by atoms with Gasteiger partial charge in [-0.3, -0.25) is 4.79 Å². The van der Waals surface area contributed by atoms with Gasteiger partial charge in [-0.1, -0.05) is 29.5 Å². The number of carbonyl (C=O) groups is 1. The van der Waals surface area contributed by atoms with Crippen LogP contribution in [0.25, 0.3) is 0 Å². The molecule has 0 aromatic heterocycles. The molecule has 0 saturated carbocycles. The quantitative estimate of drug-likeness (QED) is 0.454. The summed E-state index contributed by atoms with van der Waals surface area (Å²) in [5, 5.41) is 0. The van der Waals surface area contributed by atoms with Crippen LogP contribution in [-0.4, -0.2) is 30.3 Å². The van der Waals surface area contributed by atoms with Crippen LogP contribution in [-0.2, 0) is 9.84 Å². The van der Waals surface area contributed by atoms with Crippen molar-refractivity contribution >= 4 is 38.2 Å². The molecule has 0 aliphatic rings. The highest BCUT2D eigenvalue weighted by Crippen LogP contribution is 2.19. The number of ether oxygens (including phenoxy) is 1. The molecule has 1 aromatic rings. The molecule has 0 aliphatic heterocycles. The monoisotopic (exact) mass is 368 g/mol. The van der Waals surface area contributed by atoms with E-state index in [-0.39, 0.29) is 5.75 Å². The minimum atomic E-state index is -3.36. The lowest BCUT2D eigenvalue weighted by Crippen LogP contribution is -2.25. The van der Waals surface area contributed by atoms with Crippen LogP contribution < -0.4 is 4.74 Å². The standard InChI is InChI=1S/C11H13IO4S/c1-3-17(14,15)11(12)10(13)8-4-6-9(16-2)7-5-8/h4-7,11H,3H2,1-2H3/t11-/m1/s1. The molecule has 0 aliphatic carbocycles. The van der Waals surface area contributed by atoms with Crippen molar-refractivity contribution < 1.29 is 17.9 Å². The minimum absolute atomic E-state index is 0.0392. The molecule has 94 valence electrons. The van der Waals surface area contributed by atoms with Gasteiger partial charge in [0.15, 0.2) is 18.9 Å². The van der Waals surface area contributed by atoms with Gasteiger partial charge in [0.2, 0.25) is 0 Å². The van der Waals surface area contributed by atoms with Crippen LogP contribution in [0.15, 0.2) is 24.3 Å². The van der Waals surface area contributed by atoms with Crippen molar-refractivity contribution in [3.05, 3.63) is 29.8 Å². The topological polar surface area (TPSA) is 60.4 Å². The molecule has 0 N–H and O–H groups in total. The van der Waals surface area contributed by atoms with Crippen LogP contribution in [0, 0.1) is 0 Å². The van der Waals surface area contributed by atoms with Gasteiger partial charge in [-0.25, -0.2) is 8.42 Å². The van der Waals surface area contributed by atoms with Crippen molar-refractivity contribution in [1.29, 1.82) is 0 Å². The van der Waals surface area contributed by atoms with Gasteiger partial charge in [0.05, 0.1) is 7.11 Å². The van der Waals surface area contributed by atoms with Gasteiger partial charge >= 0.3 is 0 Å². The molecule has 1 rings (SSSR count). The van der Waals surface area contributed by atoms with E-state index in [9.17, 15) is 13.2 Å². The van der Waals surface area contributed by atoms with Gasteiger partial charge in [-0.15, -0.1) is 0 Å². The average Bonchev–Trinajstić information content (AvgIpc) is 2.37. The smallest absolute Gasteiger partial charge is 0.190 e. The first-order valence-corrected chi connectivity index (χ1v) is 7.92. The fraction of sp³-hybridized carbons (Fsp3) is 0.364. The van der Waals surface area contributed by atoms with E-state index in [0.29, 0.717) is 11.3 Å². The third kappa shape index (κ3) is 3.41. The number of halogens is 1. The summed E-state index contributed by atoms with van der Waals surface area (Å²) in [6.45, 7) is 1.53. The molecule has 6 heteroatoms. The van der Waals surface area contributed by atoms with Crippen LogP contribution in [0.3, 0.4) is 0 Å². The summed E-state index contributed by atoms with van der Waals surface area (Å²) in [6.07, 6.45) is 0. The number of Topliss-reactive ketones (excluding diaryl/α,β-unsaturated/α-hetero) is 1. The Labute approximate surface area is 114 Å². The maximum absolute atomic E-state index is 11.9. The lowest BCUT2D eigenvalue weighted by Gasteiger charge is -2.09.